The summed E-state index contributed by atoms with van der Waals surface area (Å²) in [6.07, 6.45) is 6.90. The average molecular weight is 352 g/mol. The van der Waals surface area contributed by atoms with Crippen molar-refractivity contribution in [2.24, 2.45) is 23.7 Å². The Morgan fingerprint density at radius 2 is 1.84 bits per heavy atom. The van der Waals surface area contributed by atoms with Crippen molar-refractivity contribution in [3.63, 3.8) is 0 Å². The van der Waals surface area contributed by atoms with Gasteiger partial charge in [-0.1, -0.05) is 13.3 Å². The van der Waals surface area contributed by atoms with Crippen LogP contribution >= 0.6 is 0 Å². The van der Waals surface area contributed by atoms with Gasteiger partial charge in [-0.25, -0.2) is 0 Å². The van der Waals surface area contributed by atoms with Crippen molar-refractivity contribution in [1.82, 2.24) is 10.2 Å². The van der Waals surface area contributed by atoms with E-state index < -0.39 is 18.0 Å². The van der Waals surface area contributed by atoms with Gasteiger partial charge in [0.05, 0.1) is 0 Å². The molecule has 6 heteroatoms. The summed E-state index contributed by atoms with van der Waals surface area (Å²) < 4.78 is 0. The second kappa shape index (κ2) is 8.04. The molecule has 0 radical (unpaired) electrons. The molecule has 6 nitrogen and oxygen atoms in total. The number of likely N-dealkylation sites (tertiary alicyclic amines) is 1. The average Bonchev–Trinajstić information content (AvgIpc) is 2.75. The van der Waals surface area contributed by atoms with Gasteiger partial charge in [-0.3, -0.25) is 14.5 Å². The van der Waals surface area contributed by atoms with Gasteiger partial charge in [0.15, 0.2) is 0 Å². The molecule has 3 N–H and O–H groups in total. The first-order chi connectivity index (χ1) is 11.9. The predicted molar refractivity (Wildman–Crippen MR) is 94.4 cm³/mol. The van der Waals surface area contributed by atoms with Crippen molar-refractivity contribution in [1.29, 1.82) is 0 Å². The number of rotatable bonds is 4. The number of hydrogen-bond acceptors (Lipinski definition) is 4. The first-order valence-corrected chi connectivity index (χ1v) is 9.87. The van der Waals surface area contributed by atoms with Gasteiger partial charge in [0, 0.05) is 13.1 Å². The Balaban J connectivity index is 1.61. The van der Waals surface area contributed by atoms with Crippen LogP contribution in [0.5, 0.6) is 0 Å². The van der Waals surface area contributed by atoms with E-state index in [-0.39, 0.29) is 6.04 Å². The van der Waals surface area contributed by atoms with E-state index in [1.807, 2.05) is 0 Å². The molecular weight excluding hydrogens is 320 g/mol. The van der Waals surface area contributed by atoms with Crippen LogP contribution in [0, 0.1) is 23.7 Å². The molecule has 6 unspecified atom stereocenters. The first kappa shape index (κ1) is 18.6. The summed E-state index contributed by atoms with van der Waals surface area (Å²) >= 11 is 0. The third-order valence-corrected chi connectivity index (χ3v) is 6.65. The van der Waals surface area contributed by atoms with E-state index in [0.29, 0.717) is 23.7 Å². The van der Waals surface area contributed by atoms with Crippen LogP contribution in [-0.2, 0) is 9.59 Å². The maximum atomic E-state index is 11.7. The van der Waals surface area contributed by atoms with Gasteiger partial charge >= 0.3 is 11.9 Å². The van der Waals surface area contributed by atoms with Gasteiger partial charge in [0.1, 0.15) is 12.1 Å². The van der Waals surface area contributed by atoms with Crippen LogP contribution in [0.15, 0.2) is 0 Å². The molecule has 25 heavy (non-hydrogen) atoms. The minimum absolute atomic E-state index is 0.345. The Kier molecular flexibility index (Phi) is 6.00. The lowest BCUT2D eigenvalue weighted by Gasteiger charge is -2.43. The number of fused-ring (bicyclic) bond motifs is 1. The summed E-state index contributed by atoms with van der Waals surface area (Å²) in [7, 11) is 0. The Hall–Kier alpha value is -1.14. The highest BCUT2D eigenvalue weighted by atomic mass is 16.4. The summed E-state index contributed by atoms with van der Waals surface area (Å²) in [5, 5.41) is 22.1. The SMILES string of the molecule is CC1CCCC(C(=O)O)N(CC2CCC3CNC(C(=O)O)CC3C2)C1. The zero-order chi connectivity index (χ0) is 18.0. The summed E-state index contributed by atoms with van der Waals surface area (Å²) in [6.45, 7) is 4.77. The maximum absolute atomic E-state index is 11.7. The molecule has 1 saturated carbocycles. The normalized spacial score (nSPS) is 40.0. The van der Waals surface area contributed by atoms with Gasteiger partial charge in [-0.15, -0.1) is 0 Å². The molecule has 0 aromatic rings. The van der Waals surface area contributed by atoms with Gasteiger partial charge in [-0.2, -0.15) is 0 Å². The van der Waals surface area contributed by atoms with Crippen molar-refractivity contribution < 1.29 is 19.8 Å². The minimum Gasteiger partial charge on any atom is -0.480 e. The lowest BCUT2D eigenvalue weighted by atomic mass is 9.69. The molecular formula is C19H32N2O4. The Morgan fingerprint density at radius 3 is 2.56 bits per heavy atom. The zero-order valence-electron chi connectivity index (χ0n) is 15.2. The number of aliphatic carboxylic acids is 2. The van der Waals surface area contributed by atoms with Crippen molar-refractivity contribution >= 4 is 11.9 Å². The number of nitrogens with one attached hydrogen (secondary N) is 1. The lowest BCUT2D eigenvalue weighted by molar-refractivity contribution is -0.144. The van der Waals surface area contributed by atoms with E-state index >= 15 is 0 Å². The molecule has 1 aliphatic carbocycles. The van der Waals surface area contributed by atoms with Gasteiger partial charge < -0.3 is 15.5 Å². The fourth-order valence-corrected chi connectivity index (χ4v) is 5.29. The van der Waals surface area contributed by atoms with E-state index in [9.17, 15) is 19.8 Å². The lowest BCUT2D eigenvalue weighted by Crippen LogP contribution is -2.51. The molecule has 0 aromatic heterocycles. The number of hydrogen-bond donors (Lipinski definition) is 3. The van der Waals surface area contributed by atoms with Crippen molar-refractivity contribution in [3.8, 4) is 0 Å². The van der Waals surface area contributed by atoms with Crippen LogP contribution in [0.25, 0.3) is 0 Å². The minimum atomic E-state index is -0.743. The molecule has 2 aliphatic heterocycles. The molecule has 6 atom stereocenters. The monoisotopic (exact) mass is 352 g/mol. The second-order valence-corrected chi connectivity index (χ2v) is 8.58. The predicted octanol–water partition coefficient (Wildman–Crippen LogP) is 2.04. The third kappa shape index (κ3) is 4.53. The van der Waals surface area contributed by atoms with E-state index in [0.717, 1.165) is 64.6 Å². The van der Waals surface area contributed by atoms with Gasteiger partial charge in [0.2, 0.25) is 0 Å². The summed E-state index contributed by atoms with van der Waals surface area (Å²) in [6, 6.07) is -0.757. The van der Waals surface area contributed by atoms with Crippen LogP contribution in [0.3, 0.4) is 0 Å². The zero-order valence-corrected chi connectivity index (χ0v) is 15.2. The standard InChI is InChI=1S/C19H32N2O4/c1-12-3-2-4-17(19(24)25)21(10-12)11-13-5-6-14-9-20-16(18(22)23)8-15(14)7-13/h12-17,20H,2-11H2,1H3,(H,22,23)(H,24,25). The molecule has 0 spiro atoms. The van der Waals surface area contributed by atoms with Crippen LogP contribution < -0.4 is 5.32 Å². The fourth-order valence-electron chi connectivity index (χ4n) is 5.29. The number of carbonyl (C=O) groups is 2. The summed E-state index contributed by atoms with van der Waals surface area (Å²) in [4.78, 5) is 25.2. The molecule has 0 bridgehead atoms. The quantitative estimate of drug-likeness (QED) is 0.717. The van der Waals surface area contributed by atoms with E-state index in [2.05, 4.69) is 17.1 Å². The molecule has 2 saturated heterocycles. The molecule has 3 aliphatic rings. The van der Waals surface area contributed by atoms with Crippen LogP contribution in [0.1, 0.15) is 51.9 Å². The van der Waals surface area contributed by atoms with Crippen LogP contribution in [0.2, 0.25) is 0 Å². The number of nitrogens with zero attached hydrogens (tertiary/aromatic N) is 1. The maximum Gasteiger partial charge on any atom is 0.320 e. The molecule has 3 rings (SSSR count). The smallest absolute Gasteiger partial charge is 0.320 e. The highest BCUT2D eigenvalue weighted by Gasteiger charge is 2.39. The largest absolute Gasteiger partial charge is 0.480 e. The first-order valence-electron chi connectivity index (χ1n) is 9.87. The fraction of sp³-hybridized carbons (Fsp3) is 0.895. The number of piperidine rings is 1. The van der Waals surface area contributed by atoms with Gasteiger partial charge in [-0.05, 0) is 68.7 Å². The Bertz CT molecular complexity index is 498. The summed E-state index contributed by atoms with van der Waals surface area (Å²) in [5.74, 6) is 0.680. The van der Waals surface area contributed by atoms with Crippen LogP contribution in [-0.4, -0.2) is 58.8 Å². The molecule has 0 aromatic carbocycles. The number of carboxylic acid groups (broad SMARTS) is 2. The highest BCUT2D eigenvalue weighted by molar-refractivity contribution is 5.74. The molecule has 3 fully saturated rings. The van der Waals surface area contributed by atoms with E-state index in [1.165, 1.54) is 0 Å². The third-order valence-electron chi connectivity index (χ3n) is 6.65. The second-order valence-electron chi connectivity index (χ2n) is 8.58. The van der Waals surface area contributed by atoms with Crippen molar-refractivity contribution in [2.45, 2.75) is 64.0 Å². The summed E-state index contributed by atoms with van der Waals surface area (Å²) in [5.41, 5.74) is 0. The highest BCUT2D eigenvalue weighted by Crippen LogP contribution is 2.39. The van der Waals surface area contributed by atoms with Crippen molar-refractivity contribution in [3.05, 3.63) is 0 Å². The van der Waals surface area contributed by atoms with E-state index in [1.54, 1.807) is 0 Å². The Labute approximate surface area is 150 Å². The topological polar surface area (TPSA) is 89.9 Å². The van der Waals surface area contributed by atoms with Gasteiger partial charge in [0.25, 0.3) is 0 Å². The van der Waals surface area contributed by atoms with Crippen LogP contribution in [0.4, 0.5) is 0 Å². The number of carboxylic acids is 2. The molecule has 2 heterocycles. The van der Waals surface area contributed by atoms with E-state index in [4.69, 9.17) is 0 Å². The molecule has 142 valence electrons. The van der Waals surface area contributed by atoms with Crippen molar-refractivity contribution in [2.75, 3.05) is 19.6 Å². The molecule has 0 amide bonds. The Morgan fingerprint density at radius 1 is 1.04 bits per heavy atom.